The summed E-state index contributed by atoms with van der Waals surface area (Å²) >= 11 is 0. The Kier molecular flexibility index (Phi) is 5.81. The number of aromatic nitrogens is 2. The van der Waals surface area contributed by atoms with Crippen molar-refractivity contribution in [1.82, 2.24) is 15.1 Å². The molecule has 1 aliphatic heterocycles. The number of benzene rings is 1. The largest absolute Gasteiger partial charge is 0.427 e. The van der Waals surface area contributed by atoms with E-state index >= 15 is 0 Å². The first-order valence-electron chi connectivity index (χ1n) is 10.2. The van der Waals surface area contributed by atoms with Crippen LogP contribution in [0.25, 0.3) is 5.69 Å². The Morgan fingerprint density at radius 1 is 1.23 bits per heavy atom. The van der Waals surface area contributed by atoms with Gasteiger partial charge in [0.1, 0.15) is 11.3 Å². The van der Waals surface area contributed by atoms with Crippen molar-refractivity contribution in [3.63, 3.8) is 0 Å². The van der Waals surface area contributed by atoms with E-state index in [0.29, 0.717) is 24.5 Å². The summed E-state index contributed by atoms with van der Waals surface area (Å²) < 4.78 is 12.7. The normalized spacial score (nSPS) is 15.7. The molecule has 0 spiro atoms. The molecular weight excluding hydrogens is 382 g/mol. The van der Waals surface area contributed by atoms with Crippen LogP contribution >= 0.6 is 0 Å². The monoisotopic (exact) mass is 407 g/mol. The standard InChI is InChI=1S/C23H25N3O4/c1-15-14-20(17-8-12-29-13-9-17)30-23(28)21(15)22(27)25-16(2)18-6-3-4-7-19(18)26-11-5-10-24-26/h3-7,10-11,14,16-17H,8-9,12-13H2,1-2H3,(H,25,27). The van der Waals surface area contributed by atoms with Crippen molar-refractivity contribution in [3.05, 3.63) is 81.7 Å². The summed E-state index contributed by atoms with van der Waals surface area (Å²) in [6, 6.07) is 11.0. The van der Waals surface area contributed by atoms with Crippen molar-refractivity contribution in [2.75, 3.05) is 13.2 Å². The lowest BCUT2D eigenvalue weighted by Crippen LogP contribution is -2.32. The highest BCUT2D eigenvalue weighted by molar-refractivity contribution is 5.95. The fourth-order valence-corrected chi connectivity index (χ4v) is 3.91. The molecule has 1 fully saturated rings. The van der Waals surface area contributed by atoms with Gasteiger partial charge in [0, 0.05) is 31.5 Å². The van der Waals surface area contributed by atoms with Crippen LogP contribution in [-0.4, -0.2) is 28.9 Å². The van der Waals surface area contributed by atoms with Gasteiger partial charge in [0.2, 0.25) is 0 Å². The molecule has 0 bridgehead atoms. The zero-order valence-corrected chi connectivity index (χ0v) is 17.1. The summed E-state index contributed by atoms with van der Waals surface area (Å²) in [7, 11) is 0. The van der Waals surface area contributed by atoms with Crippen LogP contribution in [0, 0.1) is 6.92 Å². The van der Waals surface area contributed by atoms with Gasteiger partial charge in [0.25, 0.3) is 5.91 Å². The number of amides is 1. The van der Waals surface area contributed by atoms with Gasteiger partial charge in [-0.15, -0.1) is 0 Å². The highest BCUT2D eigenvalue weighted by atomic mass is 16.5. The maximum absolute atomic E-state index is 12.9. The Balaban J connectivity index is 1.57. The van der Waals surface area contributed by atoms with Gasteiger partial charge in [-0.05, 0) is 56.0 Å². The van der Waals surface area contributed by atoms with Crippen molar-refractivity contribution in [3.8, 4) is 5.69 Å². The second kappa shape index (κ2) is 8.67. The maximum Gasteiger partial charge on any atom is 0.349 e. The number of rotatable bonds is 5. The molecule has 1 atom stereocenters. The first-order chi connectivity index (χ1) is 14.5. The molecular formula is C23H25N3O4. The van der Waals surface area contributed by atoms with E-state index in [9.17, 15) is 9.59 Å². The topological polar surface area (TPSA) is 86.4 Å². The van der Waals surface area contributed by atoms with Crippen LogP contribution in [0.5, 0.6) is 0 Å². The van der Waals surface area contributed by atoms with Crippen LogP contribution in [0.15, 0.2) is 58.0 Å². The van der Waals surface area contributed by atoms with E-state index in [-0.39, 0.29) is 17.5 Å². The summed E-state index contributed by atoms with van der Waals surface area (Å²) in [6.07, 6.45) is 5.18. The van der Waals surface area contributed by atoms with Crippen molar-refractivity contribution in [2.45, 2.75) is 38.6 Å². The lowest BCUT2D eigenvalue weighted by molar-refractivity contribution is 0.0795. The summed E-state index contributed by atoms with van der Waals surface area (Å²) in [4.78, 5) is 25.6. The highest BCUT2D eigenvalue weighted by Gasteiger charge is 2.24. The smallest absolute Gasteiger partial charge is 0.349 e. The van der Waals surface area contributed by atoms with E-state index < -0.39 is 11.5 Å². The molecule has 3 heterocycles. The average Bonchev–Trinajstić information content (AvgIpc) is 3.28. The molecule has 1 aromatic carbocycles. The summed E-state index contributed by atoms with van der Waals surface area (Å²) in [5, 5.41) is 7.21. The average molecular weight is 407 g/mol. The first kappa shape index (κ1) is 20.1. The lowest BCUT2D eigenvalue weighted by Gasteiger charge is -2.22. The molecule has 7 heteroatoms. The van der Waals surface area contributed by atoms with Crippen molar-refractivity contribution < 1.29 is 13.9 Å². The molecule has 1 amide bonds. The third kappa shape index (κ3) is 4.07. The zero-order chi connectivity index (χ0) is 21.1. The van der Waals surface area contributed by atoms with Gasteiger partial charge in [-0.25, -0.2) is 9.48 Å². The molecule has 3 aromatic rings. The van der Waals surface area contributed by atoms with Gasteiger partial charge in [-0.2, -0.15) is 5.10 Å². The third-order valence-corrected chi connectivity index (χ3v) is 5.52. The van der Waals surface area contributed by atoms with E-state index in [0.717, 1.165) is 24.1 Å². The second-order valence-electron chi connectivity index (χ2n) is 7.59. The molecule has 4 rings (SSSR count). The van der Waals surface area contributed by atoms with E-state index in [1.54, 1.807) is 17.8 Å². The quantitative estimate of drug-likeness (QED) is 0.699. The number of carbonyl (C=O) groups is 1. The van der Waals surface area contributed by atoms with Gasteiger partial charge in [0.15, 0.2) is 0 Å². The fraction of sp³-hybridized carbons (Fsp3) is 0.348. The lowest BCUT2D eigenvalue weighted by atomic mass is 9.95. The Bertz CT molecular complexity index is 1080. The Morgan fingerprint density at radius 2 is 2.00 bits per heavy atom. The van der Waals surface area contributed by atoms with Gasteiger partial charge in [0.05, 0.1) is 11.7 Å². The SMILES string of the molecule is Cc1cc(C2CCOCC2)oc(=O)c1C(=O)NC(C)c1ccccc1-n1cccn1. The maximum atomic E-state index is 12.9. The minimum absolute atomic E-state index is 0.0502. The Hall–Kier alpha value is -3.19. The third-order valence-electron chi connectivity index (χ3n) is 5.52. The summed E-state index contributed by atoms with van der Waals surface area (Å²) in [5.41, 5.74) is 1.85. The van der Waals surface area contributed by atoms with Gasteiger partial charge in [-0.3, -0.25) is 4.79 Å². The number of ether oxygens (including phenoxy) is 1. The molecule has 1 unspecified atom stereocenters. The van der Waals surface area contributed by atoms with E-state index in [1.165, 1.54) is 0 Å². The minimum Gasteiger partial charge on any atom is -0.427 e. The number of nitrogens with one attached hydrogen (secondary N) is 1. The van der Waals surface area contributed by atoms with E-state index in [4.69, 9.17) is 9.15 Å². The minimum atomic E-state index is -0.596. The highest BCUT2D eigenvalue weighted by Crippen LogP contribution is 2.27. The van der Waals surface area contributed by atoms with Crippen molar-refractivity contribution in [2.24, 2.45) is 0 Å². The number of hydrogen-bond acceptors (Lipinski definition) is 5. The van der Waals surface area contributed by atoms with Crippen molar-refractivity contribution >= 4 is 5.91 Å². The fourth-order valence-electron chi connectivity index (χ4n) is 3.91. The van der Waals surface area contributed by atoms with Crippen LogP contribution in [-0.2, 0) is 4.74 Å². The van der Waals surface area contributed by atoms with Crippen LogP contribution < -0.4 is 10.9 Å². The predicted molar refractivity (Wildman–Crippen MR) is 112 cm³/mol. The van der Waals surface area contributed by atoms with E-state index in [1.807, 2.05) is 49.5 Å². The zero-order valence-electron chi connectivity index (χ0n) is 17.1. The Labute approximate surface area is 174 Å². The second-order valence-corrected chi connectivity index (χ2v) is 7.59. The molecule has 1 saturated heterocycles. The van der Waals surface area contributed by atoms with Gasteiger partial charge >= 0.3 is 5.63 Å². The van der Waals surface area contributed by atoms with E-state index in [2.05, 4.69) is 10.4 Å². The number of carbonyl (C=O) groups excluding carboxylic acids is 1. The van der Waals surface area contributed by atoms with Gasteiger partial charge < -0.3 is 14.5 Å². The Morgan fingerprint density at radius 3 is 2.70 bits per heavy atom. The predicted octanol–water partition coefficient (Wildman–Crippen LogP) is 3.52. The molecule has 156 valence electrons. The summed E-state index contributed by atoms with van der Waals surface area (Å²) in [6.45, 7) is 4.97. The molecule has 0 saturated carbocycles. The molecule has 1 aliphatic rings. The first-order valence-corrected chi connectivity index (χ1v) is 10.2. The summed E-state index contributed by atoms with van der Waals surface area (Å²) in [5.74, 6) is 0.346. The molecule has 0 aliphatic carbocycles. The van der Waals surface area contributed by atoms with Crippen molar-refractivity contribution in [1.29, 1.82) is 0 Å². The molecule has 2 aromatic heterocycles. The van der Waals surface area contributed by atoms with Crippen LogP contribution in [0.1, 0.15) is 59.0 Å². The molecule has 0 radical (unpaired) electrons. The van der Waals surface area contributed by atoms with Crippen LogP contribution in [0.4, 0.5) is 0 Å². The number of nitrogens with zero attached hydrogens (tertiary/aromatic N) is 2. The number of para-hydroxylation sites is 1. The number of aryl methyl sites for hydroxylation is 1. The number of hydrogen-bond donors (Lipinski definition) is 1. The van der Waals surface area contributed by atoms with Gasteiger partial charge in [-0.1, -0.05) is 18.2 Å². The molecule has 7 nitrogen and oxygen atoms in total. The molecule has 30 heavy (non-hydrogen) atoms. The van der Waals surface area contributed by atoms with Crippen LogP contribution in [0.2, 0.25) is 0 Å². The van der Waals surface area contributed by atoms with Crippen LogP contribution in [0.3, 0.4) is 0 Å². The molecule has 1 N–H and O–H groups in total.